The predicted molar refractivity (Wildman–Crippen MR) is 98.8 cm³/mol. The maximum absolute atomic E-state index is 12.9. The summed E-state index contributed by atoms with van der Waals surface area (Å²) in [6, 6.07) is 18.9. The molecule has 126 valence electrons. The van der Waals surface area contributed by atoms with Gasteiger partial charge in [-0.05, 0) is 29.5 Å². The maximum atomic E-state index is 12.9. The number of rotatable bonds is 5. The average molecular weight is 322 g/mol. The number of hydrogen-bond acceptors (Lipinski definition) is 2. The largest absolute Gasteiger partial charge is 0.341 e. The molecule has 0 aromatic heterocycles. The summed E-state index contributed by atoms with van der Waals surface area (Å²) >= 11 is 0. The first-order valence-electron chi connectivity index (χ1n) is 8.92. The van der Waals surface area contributed by atoms with Crippen LogP contribution in [0.15, 0.2) is 54.6 Å². The van der Waals surface area contributed by atoms with Gasteiger partial charge in [-0.2, -0.15) is 0 Å². The zero-order valence-corrected chi connectivity index (χ0v) is 14.4. The second-order valence-corrected chi connectivity index (χ2v) is 6.45. The quantitative estimate of drug-likeness (QED) is 0.915. The summed E-state index contributed by atoms with van der Waals surface area (Å²) in [6.07, 6.45) is 1.80. The van der Waals surface area contributed by atoms with Gasteiger partial charge in [0.1, 0.15) is 0 Å². The van der Waals surface area contributed by atoms with Crippen LogP contribution < -0.4 is 5.32 Å². The van der Waals surface area contributed by atoms with Crippen LogP contribution in [0.4, 0.5) is 0 Å². The summed E-state index contributed by atoms with van der Waals surface area (Å²) in [7, 11) is 0. The zero-order chi connectivity index (χ0) is 16.8. The van der Waals surface area contributed by atoms with Gasteiger partial charge >= 0.3 is 0 Å². The van der Waals surface area contributed by atoms with Crippen LogP contribution in [-0.4, -0.2) is 37.0 Å². The second-order valence-electron chi connectivity index (χ2n) is 6.45. The normalized spacial score (nSPS) is 18.5. The summed E-state index contributed by atoms with van der Waals surface area (Å²) in [6.45, 7) is 5.47. The van der Waals surface area contributed by atoms with Crippen molar-refractivity contribution in [1.29, 1.82) is 0 Å². The van der Waals surface area contributed by atoms with Crippen LogP contribution in [0, 0.1) is 5.92 Å². The van der Waals surface area contributed by atoms with Crippen molar-refractivity contribution in [3.8, 4) is 11.1 Å². The number of benzene rings is 2. The molecule has 3 heteroatoms. The molecule has 1 amide bonds. The van der Waals surface area contributed by atoms with Crippen molar-refractivity contribution < 1.29 is 4.79 Å². The lowest BCUT2D eigenvalue weighted by atomic mass is 9.91. The Kier molecular flexibility index (Phi) is 5.65. The number of nitrogens with zero attached hydrogens (tertiary/aromatic N) is 1. The highest BCUT2D eigenvalue weighted by Gasteiger charge is 2.27. The molecule has 1 atom stereocenters. The van der Waals surface area contributed by atoms with Gasteiger partial charge in [-0.3, -0.25) is 4.79 Å². The van der Waals surface area contributed by atoms with E-state index >= 15 is 0 Å². The van der Waals surface area contributed by atoms with E-state index in [0.29, 0.717) is 5.91 Å². The lowest BCUT2D eigenvalue weighted by Crippen LogP contribution is -2.37. The lowest BCUT2D eigenvalue weighted by molar-refractivity contribution is -0.134. The minimum atomic E-state index is 0.0175. The van der Waals surface area contributed by atoms with E-state index in [4.69, 9.17) is 0 Å². The molecule has 1 aliphatic rings. The number of nitrogens with one attached hydrogen (secondary N) is 1. The summed E-state index contributed by atoms with van der Waals surface area (Å²) in [5.41, 5.74) is 3.70. The number of carbonyl (C=O) groups excluding carboxylic acids is 1. The molecule has 24 heavy (non-hydrogen) atoms. The molecule has 1 N–H and O–H groups in total. The van der Waals surface area contributed by atoms with E-state index < -0.39 is 0 Å². The lowest BCUT2D eigenvalue weighted by Gasteiger charge is -2.24. The summed E-state index contributed by atoms with van der Waals surface area (Å²) in [5.74, 6) is 0.314. The summed E-state index contributed by atoms with van der Waals surface area (Å²) in [5, 5.41) is 3.43. The molecule has 0 radical (unpaired) electrons. The Morgan fingerprint density at radius 1 is 1.08 bits per heavy atom. The Bertz CT molecular complexity index is 669. The molecule has 3 nitrogen and oxygen atoms in total. The minimum absolute atomic E-state index is 0.0175. The smallest absolute Gasteiger partial charge is 0.227 e. The Morgan fingerprint density at radius 2 is 1.83 bits per heavy atom. The molecule has 1 unspecified atom stereocenters. The first-order chi connectivity index (χ1) is 11.8. The van der Waals surface area contributed by atoms with Crippen molar-refractivity contribution in [2.24, 2.45) is 5.92 Å². The van der Waals surface area contributed by atoms with Gasteiger partial charge in [-0.15, -0.1) is 0 Å². The van der Waals surface area contributed by atoms with Gasteiger partial charge in [-0.25, -0.2) is 0 Å². The van der Waals surface area contributed by atoms with E-state index in [1.165, 1.54) is 16.7 Å². The fraction of sp³-hybridized carbons (Fsp3) is 0.381. The zero-order valence-electron chi connectivity index (χ0n) is 14.4. The third-order valence-electron chi connectivity index (χ3n) is 4.67. The van der Waals surface area contributed by atoms with Crippen LogP contribution in [0.25, 0.3) is 11.1 Å². The van der Waals surface area contributed by atoms with Crippen LogP contribution in [0.2, 0.25) is 0 Å². The highest BCUT2D eigenvalue weighted by molar-refractivity contribution is 5.80. The van der Waals surface area contributed by atoms with E-state index in [1.54, 1.807) is 0 Å². The Labute approximate surface area is 144 Å². The molecule has 3 rings (SSSR count). The van der Waals surface area contributed by atoms with E-state index in [0.717, 1.165) is 39.0 Å². The van der Waals surface area contributed by atoms with Crippen LogP contribution >= 0.6 is 0 Å². The number of amides is 1. The van der Waals surface area contributed by atoms with Gasteiger partial charge < -0.3 is 10.2 Å². The van der Waals surface area contributed by atoms with E-state index in [-0.39, 0.29) is 5.92 Å². The highest BCUT2D eigenvalue weighted by atomic mass is 16.2. The minimum Gasteiger partial charge on any atom is -0.341 e. The topological polar surface area (TPSA) is 32.3 Å². The van der Waals surface area contributed by atoms with E-state index in [2.05, 4.69) is 60.8 Å². The third kappa shape index (κ3) is 3.85. The first-order valence-corrected chi connectivity index (χ1v) is 8.92. The predicted octanol–water partition coefficient (Wildman–Crippen LogP) is 3.35. The molecular weight excluding hydrogens is 296 g/mol. The van der Waals surface area contributed by atoms with E-state index in [9.17, 15) is 4.79 Å². The SMILES string of the molecule is CCCN1CCNCC(Cc2ccccc2-c2ccccc2)C1=O. The molecule has 1 saturated heterocycles. The Morgan fingerprint density at radius 3 is 2.62 bits per heavy atom. The fourth-order valence-corrected chi connectivity index (χ4v) is 3.46. The van der Waals surface area contributed by atoms with Crippen molar-refractivity contribution in [3.63, 3.8) is 0 Å². The summed E-state index contributed by atoms with van der Waals surface area (Å²) < 4.78 is 0. The van der Waals surface area contributed by atoms with Crippen LogP contribution in [0.5, 0.6) is 0 Å². The van der Waals surface area contributed by atoms with Gasteiger partial charge in [0.2, 0.25) is 5.91 Å². The van der Waals surface area contributed by atoms with Crippen molar-refractivity contribution in [3.05, 3.63) is 60.2 Å². The molecule has 1 fully saturated rings. The van der Waals surface area contributed by atoms with Crippen LogP contribution in [0.3, 0.4) is 0 Å². The van der Waals surface area contributed by atoms with Crippen LogP contribution in [0.1, 0.15) is 18.9 Å². The van der Waals surface area contributed by atoms with Crippen molar-refractivity contribution in [2.45, 2.75) is 19.8 Å². The van der Waals surface area contributed by atoms with Crippen LogP contribution in [-0.2, 0) is 11.2 Å². The Hall–Kier alpha value is -2.13. The molecule has 2 aromatic rings. The molecular formula is C21H26N2O. The van der Waals surface area contributed by atoms with Crippen molar-refractivity contribution in [1.82, 2.24) is 10.2 Å². The molecule has 0 bridgehead atoms. The summed E-state index contributed by atoms with van der Waals surface area (Å²) in [4.78, 5) is 14.9. The number of hydrogen-bond donors (Lipinski definition) is 1. The van der Waals surface area contributed by atoms with Crippen molar-refractivity contribution in [2.75, 3.05) is 26.2 Å². The maximum Gasteiger partial charge on any atom is 0.227 e. The molecule has 0 saturated carbocycles. The Balaban J connectivity index is 1.84. The molecule has 0 spiro atoms. The standard InChI is InChI=1S/C21H26N2O/c1-2-13-23-14-12-22-16-19(21(23)24)15-18-10-6-7-11-20(18)17-8-4-3-5-9-17/h3-11,19,22H,2,12-16H2,1H3. The number of carbonyl (C=O) groups is 1. The molecule has 1 aliphatic heterocycles. The monoisotopic (exact) mass is 322 g/mol. The third-order valence-corrected chi connectivity index (χ3v) is 4.67. The first kappa shape index (κ1) is 16.7. The van der Waals surface area contributed by atoms with Gasteiger partial charge in [0.15, 0.2) is 0 Å². The molecule has 0 aliphatic carbocycles. The fourth-order valence-electron chi connectivity index (χ4n) is 3.46. The van der Waals surface area contributed by atoms with Crippen molar-refractivity contribution >= 4 is 5.91 Å². The molecule has 2 aromatic carbocycles. The van der Waals surface area contributed by atoms with E-state index in [1.807, 2.05) is 11.0 Å². The highest BCUT2D eigenvalue weighted by Crippen LogP contribution is 2.26. The van der Waals surface area contributed by atoms with Gasteiger partial charge in [-0.1, -0.05) is 61.5 Å². The van der Waals surface area contributed by atoms with Gasteiger partial charge in [0, 0.05) is 26.2 Å². The molecule has 1 heterocycles. The average Bonchev–Trinajstić information content (AvgIpc) is 2.79. The second kappa shape index (κ2) is 8.11. The van der Waals surface area contributed by atoms with Gasteiger partial charge in [0.05, 0.1) is 5.92 Å². The van der Waals surface area contributed by atoms with Gasteiger partial charge in [0.25, 0.3) is 0 Å².